The molecule has 1 aromatic rings. The van der Waals surface area contributed by atoms with Crippen molar-refractivity contribution in [3.63, 3.8) is 0 Å². The monoisotopic (exact) mass is 259 g/mol. The average molecular weight is 259 g/mol. The summed E-state index contributed by atoms with van der Waals surface area (Å²) in [6.07, 6.45) is 0.753. The number of nitrogens with one attached hydrogen (secondary N) is 1. The second-order valence-electron chi connectivity index (χ2n) is 5.67. The van der Waals surface area contributed by atoms with Gasteiger partial charge >= 0.3 is 0 Å². The van der Waals surface area contributed by atoms with Crippen LogP contribution in [0.5, 0.6) is 0 Å². The molecular weight excluding hydrogens is 234 g/mol. The molecule has 0 aromatic heterocycles. The summed E-state index contributed by atoms with van der Waals surface area (Å²) in [5.74, 6) is 0.870. The first-order chi connectivity index (χ1) is 8.88. The Hall–Kier alpha value is -1.44. The maximum Gasteiger partial charge on any atom is 0.138 e. The highest BCUT2D eigenvalue weighted by molar-refractivity contribution is 6.11. The lowest BCUT2D eigenvalue weighted by Crippen LogP contribution is -2.14. The molecule has 0 amide bonds. The van der Waals surface area contributed by atoms with Gasteiger partial charge in [0, 0.05) is 24.1 Å². The molecule has 0 heterocycles. The molecule has 0 saturated carbocycles. The minimum absolute atomic E-state index is 0.137. The van der Waals surface area contributed by atoms with Crippen LogP contribution >= 0.6 is 0 Å². The molecule has 0 aliphatic carbocycles. The Bertz CT molecular complexity index is 446. The van der Waals surface area contributed by atoms with Crippen LogP contribution in [0.15, 0.2) is 18.2 Å². The quantitative estimate of drug-likeness (QED) is 0.741. The smallest absolute Gasteiger partial charge is 0.138 e. The summed E-state index contributed by atoms with van der Waals surface area (Å²) in [4.78, 5) is 11.6. The maximum atomic E-state index is 11.6. The summed E-state index contributed by atoms with van der Waals surface area (Å²) in [5.41, 5.74) is 3.83. The van der Waals surface area contributed by atoms with Gasteiger partial charge in [0.15, 0.2) is 0 Å². The summed E-state index contributed by atoms with van der Waals surface area (Å²) in [6.45, 7) is 10.4. The zero-order valence-corrected chi connectivity index (χ0v) is 12.7. The van der Waals surface area contributed by atoms with E-state index in [1.54, 1.807) is 0 Å². The zero-order valence-electron chi connectivity index (χ0n) is 12.7. The van der Waals surface area contributed by atoms with Gasteiger partial charge in [0.1, 0.15) is 5.78 Å². The van der Waals surface area contributed by atoms with Crippen LogP contribution in [0.2, 0.25) is 0 Å². The van der Waals surface area contributed by atoms with Crippen LogP contribution < -0.4 is 0 Å². The van der Waals surface area contributed by atoms with Crippen molar-refractivity contribution in [3.8, 4) is 0 Å². The van der Waals surface area contributed by atoms with Gasteiger partial charge in [-0.3, -0.25) is 4.79 Å². The van der Waals surface area contributed by atoms with Crippen molar-refractivity contribution in [1.29, 1.82) is 5.41 Å². The largest absolute Gasteiger partial charge is 0.304 e. The van der Waals surface area contributed by atoms with Gasteiger partial charge in [-0.1, -0.05) is 52.8 Å². The Morgan fingerprint density at radius 2 is 1.58 bits per heavy atom. The molecule has 0 radical (unpaired) electrons. The second-order valence-corrected chi connectivity index (χ2v) is 5.67. The molecule has 1 N–H and O–H groups in total. The molecule has 1 aromatic carbocycles. The lowest BCUT2D eigenvalue weighted by Gasteiger charge is -2.20. The first-order valence-electron chi connectivity index (χ1n) is 7.10. The highest BCUT2D eigenvalue weighted by Gasteiger charge is 2.18. The van der Waals surface area contributed by atoms with E-state index in [2.05, 4.69) is 45.9 Å². The van der Waals surface area contributed by atoms with E-state index in [1.165, 1.54) is 11.1 Å². The topological polar surface area (TPSA) is 40.9 Å². The Morgan fingerprint density at radius 1 is 1.11 bits per heavy atom. The summed E-state index contributed by atoms with van der Waals surface area (Å²) in [6, 6.07) is 6.22. The van der Waals surface area contributed by atoms with Crippen LogP contribution in [0.4, 0.5) is 0 Å². The third-order valence-electron chi connectivity index (χ3n) is 3.44. The van der Waals surface area contributed by atoms with Crippen molar-refractivity contribution in [3.05, 3.63) is 34.9 Å². The molecule has 0 saturated heterocycles. The van der Waals surface area contributed by atoms with Gasteiger partial charge in [-0.2, -0.15) is 0 Å². The fourth-order valence-electron chi connectivity index (χ4n) is 2.31. The van der Waals surface area contributed by atoms with Crippen molar-refractivity contribution in [1.82, 2.24) is 0 Å². The molecule has 2 heteroatoms. The number of hydrogen-bond acceptors (Lipinski definition) is 2. The van der Waals surface area contributed by atoms with Gasteiger partial charge in [0.05, 0.1) is 0 Å². The highest BCUT2D eigenvalue weighted by atomic mass is 16.1. The van der Waals surface area contributed by atoms with E-state index in [0.717, 1.165) is 5.56 Å². The molecule has 1 rings (SSSR count). The molecule has 2 nitrogen and oxygen atoms in total. The fraction of sp³-hybridized carbons (Fsp3) is 0.529. The molecule has 0 aliphatic heterocycles. The van der Waals surface area contributed by atoms with Gasteiger partial charge in [0.2, 0.25) is 0 Å². The number of rotatable bonds is 6. The Labute approximate surface area is 116 Å². The van der Waals surface area contributed by atoms with E-state index in [9.17, 15) is 4.79 Å². The summed E-state index contributed by atoms with van der Waals surface area (Å²) >= 11 is 0. The van der Waals surface area contributed by atoms with E-state index in [1.807, 2.05) is 6.92 Å². The van der Waals surface area contributed by atoms with Crippen LogP contribution in [0.3, 0.4) is 0 Å². The third kappa shape index (κ3) is 3.76. The van der Waals surface area contributed by atoms with Crippen molar-refractivity contribution in [2.75, 3.05) is 0 Å². The van der Waals surface area contributed by atoms with Gasteiger partial charge in [-0.05, 0) is 23.0 Å². The van der Waals surface area contributed by atoms with Crippen molar-refractivity contribution < 1.29 is 4.79 Å². The standard InChI is InChI=1S/C17H25NO/c1-6-13(19)10-16(18)17-14(11(2)3)8-7-9-15(17)12(4)5/h7-9,11-12,18H,6,10H2,1-5H3. The van der Waals surface area contributed by atoms with Gasteiger partial charge in [-0.15, -0.1) is 0 Å². The number of ketones is 1. The predicted molar refractivity (Wildman–Crippen MR) is 81.4 cm³/mol. The van der Waals surface area contributed by atoms with Crippen molar-refractivity contribution >= 4 is 11.5 Å². The van der Waals surface area contributed by atoms with Crippen LogP contribution in [-0.4, -0.2) is 11.5 Å². The lowest BCUT2D eigenvalue weighted by molar-refractivity contribution is -0.117. The van der Waals surface area contributed by atoms with E-state index in [4.69, 9.17) is 5.41 Å². The highest BCUT2D eigenvalue weighted by Crippen LogP contribution is 2.28. The van der Waals surface area contributed by atoms with Crippen molar-refractivity contribution in [2.45, 2.75) is 59.3 Å². The normalized spacial score (nSPS) is 11.1. The summed E-state index contributed by atoms with van der Waals surface area (Å²) < 4.78 is 0. The maximum absolute atomic E-state index is 11.6. The van der Waals surface area contributed by atoms with Crippen molar-refractivity contribution in [2.24, 2.45) is 0 Å². The number of benzene rings is 1. The van der Waals surface area contributed by atoms with Gasteiger partial charge in [-0.25, -0.2) is 0 Å². The zero-order chi connectivity index (χ0) is 14.6. The average Bonchev–Trinajstić information content (AvgIpc) is 2.37. The molecule has 104 valence electrons. The third-order valence-corrected chi connectivity index (χ3v) is 3.44. The number of hydrogen-bond donors (Lipinski definition) is 1. The van der Waals surface area contributed by atoms with E-state index in [-0.39, 0.29) is 12.2 Å². The second kappa shape index (κ2) is 6.65. The SMILES string of the molecule is CCC(=O)CC(=N)c1c(C(C)C)cccc1C(C)C. The van der Waals surface area contributed by atoms with E-state index < -0.39 is 0 Å². The van der Waals surface area contributed by atoms with Crippen LogP contribution in [0, 0.1) is 5.41 Å². The fourth-order valence-corrected chi connectivity index (χ4v) is 2.31. The Morgan fingerprint density at radius 3 is 1.95 bits per heavy atom. The number of Topliss-reactive ketones (excluding diaryl/α,β-unsaturated/α-hetero) is 1. The van der Waals surface area contributed by atoms with Gasteiger partial charge < -0.3 is 5.41 Å². The van der Waals surface area contributed by atoms with Crippen LogP contribution in [-0.2, 0) is 4.79 Å². The molecule has 0 bridgehead atoms. The minimum atomic E-state index is 0.137. The molecule has 0 unspecified atom stereocenters. The van der Waals surface area contributed by atoms with Crippen LogP contribution in [0.25, 0.3) is 0 Å². The molecule has 0 fully saturated rings. The molecule has 0 aliphatic rings. The van der Waals surface area contributed by atoms with Gasteiger partial charge in [0.25, 0.3) is 0 Å². The minimum Gasteiger partial charge on any atom is -0.304 e. The lowest BCUT2D eigenvalue weighted by atomic mass is 9.85. The van der Waals surface area contributed by atoms with Crippen LogP contribution in [0.1, 0.15) is 76.0 Å². The molecule has 0 spiro atoms. The van der Waals surface area contributed by atoms with E-state index >= 15 is 0 Å². The summed E-state index contributed by atoms with van der Waals surface area (Å²) in [5, 5.41) is 8.31. The number of carbonyl (C=O) groups is 1. The Kier molecular flexibility index (Phi) is 5.46. The predicted octanol–water partition coefficient (Wildman–Crippen LogP) is 4.67. The molecule has 0 atom stereocenters. The molecular formula is C17H25NO. The number of carbonyl (C=O) groups excluding carboxylic acids is 1. The molecule has 19 heavy (non-hydrogen) atoms. The first kappa shape index (κ1) is 15.6. The first-order valence-corrected chi connectivity index (χ1v) is 7.10. The van der Waals surface area contributed by atoms with E-state index in [0.29, 0.717) is 24.0 Å². The Balaban J connectivity index is 3.28. The summed E-state index contributed by atoms with van der Waals surface area (Å²) in [7, 11) is 0.